The van der Waals surface area contributed by atoms with E-state index in [2.05, 4.69) is 5.32 Å². The minimum atomic E-state index is -3.62. The molecule has 0 aliphatic carbocycles. The molecule has 0 saturated carbocycles. The summed E-state index contributed by atoms with van der Waals surface area (Å²) < 4.78 is 36.9. The minimum absolute atomic E-state index is 0.0781. The molecule has 0 aliphatic heterocycles. The van der Waals surface area contributed by atoms with Crippen LogP contribution in [0.25, 0.3) is 0 Å². The van der Waals surface area contributed by atoms with Gasteiger partial charge in [-0.1, -0.05) is 31.5 Å². The van der Waals surface area contributed by atoms with Crippen LogP contribution in [0.1, 0.15) is 13.8 Å². The van der Waals surface area contributed by atoms with Crippen LogP contribution in [-0.4, -0.2) is 45.4 Å². The van der Waals surface area contributed by atoms with Crippen molar-refractivity contribution < 1.29 is 22.7 Å². The van der Waals surface area contributed by atoms with Crippen LogP contribution in [0, 0.1) is 0 Å². The van der Waals surface area contributed by atoms with Gasteiger partial charge in [-0.05, 0) is 30.3 Å². The Bertz CT molecular complexity index is 930. The van der Waals surface area contributed by atoms with Gasteiger partial charge in [-0.3, -0.25) is 4.79 Å². The molecule has 0 atom stereocenters. The van der Waals surface area contributed by atoms with Gasteiger partial charge >= 0.3 is 0 Å². The third kappa shape index (κ3) is 5.37. The molecule has 2 rings (SSSR count). The highest BCUT2D eigenvalue weighted by atomic mass is 35.5. The number of benzene rings is 2. The Morgan fingerprint density at radius 1 is 1.14 bits per heavy atom. The number of sulfonamides is 1. The molecule has 0 fully saturated rings. The number of carbonyl (C=O) groups is 1. The second-order valence-electron chi connectivity index (χ2n) is 5.75. The van der Waals surface area contributed by atoms with E-state index in [-0.39, 0.29) is 28.2 Å². The summed E-state index contributed by atoms with van der Waals surface area (Å²) in [6.45, 7) is 3.97. The second-order valence-corrected chi connectivity index (χ2v) is 8.10. The number of halogens is 1. The van der Waals surface area contributed by atoms with Gasteiger partial charge in [0.1, 0.15) is 11.5 Å². The van der Waals surface area contributed by atoms with Gasteiger partial charge in [-0.15, -0.1) is 0 Å². The highest BCUT2D eigenvalue weighted by Crippen LogP contribution is 2.28. The molecule has 0 spiro atoms. The number of carbonyl (C=O) groups excluding carboxylic acids is 1. The summed E-state index contributed by atoms with van der Waals surface area (Å²) in [4.78, 5) is 12.1. The zero-order chi connectivity index (χ0) is 20.7. The summed E-state index contributed by atoms with van der Waals surface area (Å²) in [7, 11) is -2.08. The van der Waals surface area contributed by atoms with Crippen LogP contribution < -0.4 is 14.8 Å². The number of nitrogens with one attached hydrogen (secondary N) is 1. The van der Waals surface area contributed by atoms with Crippen LogP contribution in [0.2, 0.25) is 5.02 Å². The first-order valence-corrected chi connectivity index (χ1v) is 10.5. The van der Waals surface area contributed by atoms with Crippen molar-refractivity contribution in [2.24, 2.45) is 0 Å². The summed E-state index contributed by atoms with van der Waals surface area (Å²) in [5, 5.41) is 2.80. The Balaban J connectivity index is 2.04. The molecule has 2 aromatic carbocycles. The highest BCUT2D eigenvalue weighted by Gasteiger charge is 2.22. The van der Waals surface area contributed by atoms with Crippen LogP contribution in [-0.2, 0) is 14.8 Å². The molecular formula is C19H23ClN2O5S. The van der Waals surface area contributed by atoms with Crippen LogP contribution in [0.5, 0.6) is 11.5 Å². The molecule has 0 aliphatic rings. The molecule has 7 nitrogen and oxygen atoms in total. The molecule has 0 bridgehead atoms. The first-order chi connectivity index (χ1) is 13.3. The summed E-state index contributed by atoms with van der Waals surface area (Å²) in [5.74, 6) is 0.455. The van der Waals surface area contributed by atoms with Gasteiger partial charge < -0.3 is 14.8 Å². The zero-order valence-corrected chi connectivity index (χ0v) is 17.5. The van der Waals surface area contributed by atoms with Crippen molar-refractivity contribution in [1.29, 1.82) is 0 Å². The molecule has 28 heavy (non-hydrogen) atoms. The first-order valence-electron chi connectivity index (χ1n) is 8.68. The number of hydrogen-bond acceptors (Lipinski definition) is 5. The van der Waals surface area contributed by atoms with E-state index in [1.165, 1.54) is 29.6 Å². The normalized spacial score (nSPS) is 11.3. The van der Waals surface area contributed by atoms with Gasteiger partial charge in [0.05, 0.1) is 17.0 Å². The van der Waals surface area contributed by atoms with Crippen molar-refractivity contribution in [2.75, 3.05) is 32.1 Å². The summed E-state index contributed by atoms with van der Waals surface area (Å²) >= 11 is 6.15. The van der Waals surface area contributed by atoms with E-state index in [1.807, 2.05) is 0 Å². The fourth-order valence-corrected chi connectivity index (χ4v) is 4.30. The largest absolute Gasteiger partial charge is 0.497 e. The third-order valence-electron chi connectivity index (χ3n) is 3.96. The van der Waals surface area contributed by atoms with Crippen LogP contribution >= 0.6 is 11.6 Å². The van der Waals surface area contributed by atoms with Crippen molar-refractivity contribution in [3.63, 3.8) is 0 Å². The lowest BCUT2D eigenvalue weighted by Crippen LogP contribution is -2.30. The van der Waals surface area contributed by atoms with Crippen molar-refractivity contribution in [1.82, 2.24) is 4.31 Å². The van der Waals surface area contributed by atoms with E-state index in [0.717, 1.165) is 0 Å². The average molecular weight is 427 g/mol. The molecule has 0 aromatic heterocycles. The fourth-order valence-electron chi connectivity index (χ4n) is 2.51. The maximum atomic E-state index is 12.5. The van der Waals surface area contributed by atoms with E-state index >= 15 is 0 Å². The van der Waals surface area contributed by atoms with Crippen molar-refractivity contribution >= 4 is 33.2 Å². The van der Waals surface area contributed by atoms with Gasteiger partial charge in [0.2, 0.25) is 10.0 Å². The van der Waals surface area contributed by atoms with Gasteiger partial charge in [0.25, 0.3) is 5.91 Å². The molecule has 0 saturated heterocycles. The average Bonchev–Trinajstić information content (AvgIpc) is 2.67. The molecule has 0 radical (unpaired) electrons. The lowest BCUT2D eigenvalue weighted by atomic mass is 10.3. The lowest BCUT2D eigenvalue weighted by Gasteiger charge is -2.19. The SMILES string of the molecule is CCN(CC)S(=O)(=O)c1ccc(OCC(=O)Nc2cccc(OC)c2)c(Cl)c1. The van der Waals surface area contributed by atoms with Crippen LogP contribution in [0.3, 0.4) is 0 Å². The summed E-state index contributed by atoms with van der Waals surface area (Å²) in [6, 6.07) is 11.1. The topological polar surface area (TPSA) is 84.9 Å². The quantitative estimate of drug-likeness (QED) is 0.664. The number of ether oxygens (including phenoxy) is 2. The third-order valence-corrected chi connectivity index (χ3v) is 6.30. The van der Waals surface area contributed by atoms with E-state index in [0.29, 0.717) is 24.5 Å². The van der Waals surface area contributed by atoms with E-state index in [4.69, 9.17) is 21.1 Å². The Labute approximate surface area is 170 Å². The Morgan fingerprint density at radius 3 is 2.46 bits per heavy atom. The summed E-state index contributed by atoms with van der Waals surface area (Å²) in [6.07, 6.45) is 0. The van der Waals surface area contributed by atoms with Gasteiger partial charge in [0.15, 0.2) is 6.61 Å². The van der Waals surface area contributed by atoms with Gasteiger partial charge in [0, 0.05) is 24.8 Å². The predicted molar refractivity (Wildman–Crippen MR) is 109 cm³/mol. The highest BCUT2D eigenvalue weighted by molar-refractivity contribution is 7.89. The molecule has 9 heteroatoms. The monoisotopic (exact) mass is 426 g/mol. The fraction of sp³-hybridized carbons (Fsp3) is 0.316. The number of hydrogen-bond donors (Lipinski definition) is 1. The van der Waals surface area contributed by atoms with Crippen molar-refractivity contribution in [2.45, 2.75) is 18.7 Å². The van der Waals surface area contributed by atoms with E-state index < -0.39 is 10.0 Å². The van der Waals surface area contributed by atoms with Gasteiger partial charge in [-0.25, -0.2) is 8.42 Å². The zero-order valence-electron chi connectivity index (χ0n) is 15.9. The molecule has 1 amide bonds. The number of amides is 1. The molecular weight excluding hydrogens is 404 g/mol. The van der Waals surface area contributed by atoms with E-state index in [1.54, 1.807) is 38.1 Å². The summed E-state index contributed by atoms with van der Waals surface area (Å²) in [5.41, 5.74) is 0.569. The molecule has 2 aromatic rings. The smallest absolute Gasteiger partial charge is 0.262 e. The van der Waals surface area contributed by atoms with Gasteiger partial charge in [-0.2, -0.15) is 4.31 Å². The molecule has 152 valence electrons. The molecule has 1 N–H and O–H groups in total. The maximum Gasteiger partial charge on any atom is 0.262 e. The minimum Gasteiger partial charge on any atom is -0.497 e. The van der Waals surface area contributed by atoms with Crippen molar-refractivity contribution in [3.8, 4) is 11.5 Å². The Kier molecular flexibility index (Phi) is 7.68. The number of anilines is 1. The Hall–Kier alpha value is -2.29. The van der Waals surface area contributed by atoms with Crippen LogP contribution in [0.15, 0.2) is 47.4 Å². The number of methoxy groups -OCH3 is 1. The predicted octanol–water partition coefficient (Wildman–Crippen LogP) is 3.40. The number of rotatable bonds is 9. The van der Waals surface area contributed by atoms with Crippen LogP contribution in [0.4, 0.5) is 5.69 Å². The number of nitrogens with zero attached hydrogens (tertiary/aromatic N) is 1. The first kappa shape index (κ1) is 22.0. The molecule has 0 unspecified atom stereocenters. The maximum absolute atomic E-state index is 12.5. The van der Waals surface area contributed by atoms with Crippen molar-refractivity contribution in [3.05, 3.63) is 47.5 Å². The van der Waals surface area contributed by atoms with E-state index in [9.17, 15) is 13.2 Å². The standard InChI is InChI=1S/C19H23ClN2O5S/c1-4-22(5-2)28(24,25)16-9-10-18(17(20)12-16)27-13-19(23)21-14-7-6-8-15(11-14)26-3/h6-12H,4-5,13H2,1-3H3,(H,21,23). The lowest BCUT2D eigenvalue weighted by molar-refractivity contribution is -0.118. The second kappa shape index (κ2) is 9.77. The molecule has 0 heterocycles. The Morgan fingerprint density at radius 2 is 1.86 bits per heavy atom.